The van der Waals surface area contributed by atoms with E-state index in [-0.39, 0.29) is 19.0 Å². The Morgan fingerprint density at radius 2 is 1.74 bits per heavy atom. The zero-order chi connectivity index (χ0) is 26.9. The lowest BCUT2D eigenvalue weighted by Crippen LogP contribution is -2.11. The van der Waals surface area contributed by atoms with E-state index in [0.717, 1.165) is 22.0 Å². The van der Waals surface area contributed by atoms with E-state index in [1.807, 2.05) is 60.7 Å². The summed E-state index contributed by atoms with van der Waals surface area (Å²) in [7, 11) is 0. The molecule has 0 radical (unpaired) electrons. The summed E-state index contributed by atoms with van der Waals surface area (Å²) in [6, 6.07) is 27.8. The number of hydrogen-bond donors (Lipinski definition) is 1. The maximum Gasteiger partial charge on any atom is 0.353 e. The Labute approximate surface area is 229 Å². The number of carbonyl (C=O) groups is 1. The number of aromatic carboxylic acids is 1. The number of carboxylic acids is 1. The number of aromatic nitrogens is 1. The average Bonchev–Trinajstić information content (AvgIpc) is 3.54. The molecule has 0 saturated heterocycles. The van der Waals surface area contributed by atoms with E-state index >= 15 is 0 Å². The number of carboxylic acid groups (broad SMARTS) is 1. The van der Waals surface area contributed by atoms with Gasteiger partial charge in [0.15, 0.2) is 11.5 Å². The highest BCUT2D eigenvalue weighted by Gasteiger charge is 2.25. The van der Waals surface area contributed by atoms with Gasteiger partial charge in [-0.25, -0.2) is 4.79 Å². The van der Waals surface area contributed by atoms with Crippen LogP contribution in [0, 0.1) is 11.3 Å². The first-order chi connectivity index (χ1) is 19.0. The molecule has 8 heteroatoms. The molecule has 4 aromatic carbocycles. The van der Waals surface area contributed by atoms with E-state index in [9.17, 15) is 9.90 Å². The lowest BCUT2D eigenvalue weighted by Gasteiger charge is -2.12. The molecule has 1 N–H and O–H groups in total. The number of rotatable bonds is 7. The maximum atomic E-state index is 12.7. The highest BCUT2D eigenvalue weighted by atomic mass is 35.5. The van der Waals surface area contributed by atoms with Crippen LogP contribution in [0.15, 0.2) is 84.9 Å². The molecule has 39 heavy (non-hydrogen) atoms. The summed E-state index contributed by atoms with van der Waals surface area (Å²) < 4.78 is 18.8. The Hall–Kier alpha value is -4.93. The zero-order valence-electron chi connectivity index (χ0n) is 20.6. The highest BCUT2D eigenvalue weighted by molar-refractivity contribution is 6.31. The Morgan fingerprint density at radius 3 is 2.46 bits per heavy atom. The predicted octanol–water partition coefficient (Wildman–Crippen LogP) is 6.89. The van der Waals surface area contributed by atoms with Crippen LogP contribution >= 0.6 is 11.6 Å². The number of ether oxygens (including phenoxy) is 3. The van der Waals surface area contributed by atoms with Crippen LogP contribution in [0.2, 0.25) is 5.02 Å². The van der Waals surface area contributed by atoms with Crippen molar-refractivity contribution in [2.24, 2.45) is 0 Å². The van der Waals surface area contributed by atoms with Crippen LogP contribution in [0.25, 0.3) is 22.0 Å². The second-order valence-corrected chi connectivity index (χ2v) is 9.46. The largest absolute Gasteiger partial charge is 0.489 e. The van der Waals surface area contributed by atoms with Gasteiger partial charge in [0.05, 0.1) is 18.2 Å². The third-order valence-electron chi connectivity index (χ3n) is 6.66. The summed E-state index contributed by atoms with van der Waals surface area (Å²) in [5.41, 5.74) is 4.45. The lowest BCUT2D eigenvalue weighted by atomic mass is 10.0. The van der Waals surface area contributed by atoms with Gasteiger partial charge in [0, 0.05) is 27.6 Å². The van der Waals surface area contributed by atoms with Crippen molar-refractivity contribution in [3.63, 3.8) is 0 Å². The number of benzene rings is 4. The molecular formula is C31H21ClN2O5. The molecule has 1 aromatic heterocycles. The van der Waals surface area contributed by atoms with E-state index in [4.69, 9.17) is 31.1 Å². The van der Waals surface area contributed by atoms with E-state index < -0.39 is 5.97 Å². The molecule has 0 aliphatic carbocycles. The summed E-state index contributed by atoms with van der Waals surface area (Å²) in [5, 5.41) is 20.7. The number of nitrogens with zero attached hydrogens (tertiary/aromatic N) is 2. The fourth-order valence-electron chi connectivity index (χ4n) is 4.80. The second-order valence-electron chi connectivity index (χ2n) is 9.05. The topological polar surface area (TPSA) is 93.7 Å². The number of nitriles is 1. The van der Waals surface area contributed by atoms with Gasteiger partial charge >= 0.3 is 5.97 Å². The SMILES string of the molecule is N#Cc1ccc(COc2ccc3c(c2)c(-c2ccccc2)c(C(=O)O)n3Cc2cc3c(cc2Cl)OCO3)cc1. The minimum atomic E-state index is -1.05. The molecule has 0 atom stereocenters. The molecule has 0 spiro atoms. The molecule has 5 aromatic rings. The van der Waals surface area contributed by atoms with Crippen molar-refractivity contribution in [3.05, 3.63) is 112 Å². The van der Waals surface area contributed by atoms with Gasteiger partial charge in [0.2, 0.25) is 6.79 Å². The van der Waals surface area contributed by atoms with Crippen molar-refractivity contribution in [2.45, 2.75) is 13.2 Å². The van der Waals surface area contributed by atoms with E-state index in [0.29, 0.717) is 45.6 Å². The van der Waals surface area contributed by atoms with Crippen LogP contribution in [-0.4, -0.2) is 22.4 Å². The predicted molar refractivity (Wildman–Crippen MR) is 146 cm³/mol. The molecule has 2 heterocycles. The van der Waals surface area contributed by atoms with Gasteiger partial charge < -0.3 is 23.9 Å². The van der Waals surface area contributed by atoms with Crippen LogP contribution in [0.1, 0.15) is 27.2 Å². The summed E-state index contributed by atoms with van der Waals surface area (Å²) in [6.07, 6.45) is 0. The molecule has 1 aliphatic heterocycles. The quantitative estimate of drug-likeness (QED) is 0.243. The molecule has 0 amide bonds. The molecule has 0 bridgehead atoms. The van der Waals surface area contributed by atoms with Gasteiger partial charge in [0.1, 0.15) is 18.1 Å². The fraction of sp³-hybridized carbons (Fsp3) is 0.0968. The summed E-state index contributed by atoms with van der Waals surface area (Å²) >= 11 is 6.57. The van der Waals surface area contributed by atoms with E-state index in [1.54, 1.807) is 28.8 Å². The van der Waals surface area contributed by atoms with Gasteiger partial charge in [-0.3, -0.25) is 0 Å². The maximum absolute atomic E-state index is 12.7. The molecule has 6 rings (SSSR count). The van der Waals surface area contributed by atoms with Crippen LogP contribution in [0.4, 0.5) is 0 Å². The third-order valence-corrected chi connectivity index (χ3v) is 7.01. The van der Waals surface area contributed by atoms with Crippen molar-refractivity contribution in [3.8, 4) is 34.4 Å². The molecule has 0 saturated carbocycles. The highest BCUT2D eigenvalue weighted by Crippen LogP contribution is 2.40. The van der Waals surface area contributed by atoms with E-state index in [2.05, 4.69) is 6.07 Å². The van der Waals surface area contributed by atoms with Crippen LogP contribution < -0.4 is 14.2 Å². The van der Waals surface area contributed by atoms with Crippen LogP contribution in [0.3, 0.4) is 0 Å². The standard InChI is InChI=1S/C31H21ClN2O5/c32-25-14-28-27(38-18-39-28)12-22(25)16-34-26-11-10-23(37-17-20-8-6-19(15-33)7-9-20)13-24(26)29(30(34)31(35)36)21-4-2-1-3-5-21/h1-14H,16-18H2,(H,35,36). The lowest BCUT2D eigenvalue weighted by molar-refractivity contribution is 0.0687. The van der Waals surface area contributed by atoms with Gasteiger partial charge in [-0.1, -0.05) is 54.1 Å². The first-order valence-electron chi connectivity index (χ1n) is 12.2. The van der Waals surface area contributed by atoms with Crippen LogP contribution in [-0.2, 0) is 13.2 Å². The fourth-order valence-corrected chi connectivity index (χ4v) is 5.01. The normalized spacial score (nSPS) is 11.9. The van der Waals surface area contributed by atoms with Gasteiger partial charge in [-0.2, -0.15) is 5.26 Å². The van der Waals surface area contributed by atoms with Crippen molar-refractivity contribution in [2.75, 3.05) is 6.79 Å². The smallest absolute Gasteiger partial charge is 0.353 e. The average molecular weight is 537 g/mol. The number of halogens is 1. The van der Waals surface area contributed by atoms with Crippen LogP contribution in [0.5, 0.6) is 17.2 Å². The van der Waals surface area contributed by atoms with Crippen molar-refractivity contribution in [1.29, 1.82) is 5.26 Å². The first-order valence-corrected chi connectivity index (χ1v) is 12.5. The summed E-state index contributed by atoms with van der Waals surface area (Å²) in [4.78, 5) is 12.7. The Kier molecular flexibility index (Phi) is 6.31. The first kappa shape index (κ1) is 24.4. The molecule has 7 nitrogen and oxygen atoms in total. The second kappa shape index (κ2) is 10.1. The zero-order valence-corrected chi connectivity index (χ0v) is 21.3. The van der Waals surface area contributed by atoms with Crippen molar-refractivity contribution < 1.29 is 24.1 Å². The molecule has 0 fully saturated rings. The number of hydrogen-bond acceptors (Lipinski definition) is 5. The van der Waals surface area contributed by atoms with Gasteiger partial charge in [0.25, 0.3) is 0 Å². The third kappa shape index (κ3) is 4.63. The minimum Gasteiger partial charge on any atom is -0.489 e. The Bertz CT molecular complexity index is 1750. The monoisotopic (exact) mass is 536 g/mol. The minimum absolute atomic E-state index is 0.116. The van der Waals surface area contributed by atoms with Crippen molar-refractivity contribution in [1.82, 2.24) is 4.57 Å². The van der Waals surface area contributed by atoms with E-state index in [1.165, 1.54) is 0 Å². The van der Waals surface area contributed by atoms with Crippen molar-refractivity contribution >= 4 is 28.5 Å². The molecule has 192 valence electrons. The Balaban J connectivity index is 1.45. The van der Waals surface area contributed by atoms with Gasteiger partial charge in [-0.15, -0.1) is 0 Å². The molecule has 0 unspecified atom stereocenters. The molecular weight excluding hydrogens is 516 g/mol. The Morgan fingerprint density at radius 1 is 1.00 bits per heavy atom. The summed E-state index contributed by atoms with van der Waals surface area (Å²) in [5.74, 6) is 0.680. The number of fused-ring (bicyclic) bond motifs is 2. The van der Waals surface area contributed by atoms with Gasteiger partial charge in [-0.05, 0) is 53.1 Å². The molecule has 1 aliphatic rings. The summed E-state index contributed by atoms with van der Waals surface area (Å²) in [6.45, 7) is 0.633.